The summed E-state index contributed by atoms with van der Waals surface area (Å²) in [7, 11) is 2.92. The molecule has 7 heteroatoms. The molecule has 21 heavy (non-hydrogen) atoms. The Bertz CT molecular complexity index is 561. The molecule has 0 N–H and O–H groups in total. The highest BCUT2D eigenvalue weighted by Gasteiger charge is 2.21. The first-order valence-electron chi connectivity index (χ1n) is 6.44. The molecule has 0 bridgehead atoms. The van der Waals surface area contributed by atoms with Gasteiger partial charge in [-0.05, 0) is 12.1 Å². The fourth-order valence-corrected chi connectivity index (χ4v) is 2.18. The zero-order valence-electron chi connectivity index (χ0n) is 11.8. The quantitative estimate of drug-likeness (QED) is 0.792. The molecule has 1 aromatic rings. The standard InChI is InChI=1S/C14H16ClNO5/c1-16(4-3-12(17)19-2)14(18)9-7-10(15)13-11(8-9)20-5-6-21-13/h7-8H,3-6H2,1-2H3. The second-order valence-electron chi connectivity index (χ2n) is 4.54. The summed E-state index contributed by atoms with van der Waals surface area (Å²) in [4.78, 5) is 24.8. The van der Waals surface area contributed by atoms with Crippen molar-refractivity contribution in [3.05, 3.63) is 22.7 Å². The van der Waals surface area contributed by atoms with Crippen LogP contribution in [0.15, 0.2) is 12.1 Å². The number of hydrogen-bond donors (Lipinski definition) is 0. The van der Waals surface area contributed by atoms with E-state index in [-0.39, 0.29) is 24.8 Å². The molecule has 114 valence electrons. The van der Waals surface area contributed by atoms with Crippen LogP contribution in [0.2, 0.25) is 5.02 Å². The Labute approximate surface area is 127 Å². The van der Waals surface area contributed by atoms with E-state index in [1.165, 1.54) is 18.1 Å². The number of halogens is 1. The van der Waals surface area contributed by atoms with Crippen molar-refractivity contribution >= 4 is 23.5 Å². The summed E-state index contributed by atoms with van der Waals surface area (Å²) < 4.78 is 15.4. The van der Waals surface area contributed by atoms with Gasteiger partial charge in [-0.1, -0.05) is 11.6 Å². The second kappa shape index (κ2) is 6.67. The van der Waals surface area contributed by atoms with E-state index in [9.17, 15) is 9.59 Å². The maximum atomic E-state index is 12.3. The number of nitrogens with zero attached hydrogens (tertiary/aromatic N) is 1. The van der Waals surface area contributed by atoms with Crippen LogP contribution in [0.25, 0.3) is 0 Å². The molecule has 0 unspecified atom stereocenters. The molecule has 2 rings (SSSR count). The predicted molar refractivity (Wildman–Crippen MR) is 76.0 cm³/mol. The molecule has 0 spiro atoms. The molecular formula is C14H16ClNO5. The number of amides is 1. The number of carbonyl (C=O) groups excluding carboxylic acids is 2. The number of esters is 1. The van der Waals surface area contributed by atoms with Crippen LogP contribution in [0.4, 0.5) is 0 Å². The van der Waals surface area contributed by atoms with E-state index < -0.39 is 0 Å². The highest BCUT2D eigenvalue weighted by atomic mass is 35.5. The Morgan fingerprint density at radius 3 is 2.76 bits per heavy atom. The molecule has 0 radical (unpaired) electrons. The Kier molecular flexibility index (Phi) is 4.90. The van der Waals surface area contributed by atoms with E-state index in [4.69, 9.17) is 21.1 Å². The highest BCUT2D eigenvalue weighted by Crippen LogP contribution is 2.38. The number of carbonyl (C=O) groups is 2. The fourth-order valence-electron chi connectivity index (χ4n) is 1.92. The van der Waals surface area contributed by atoms with Crippen molar-refractivity contribution in [3.8, 4) is 11.5 Å². The van der Waals surface area contributed by atoms with Crippen molar-refractivity contribution in [2.45, 2.75) is 6.42 Å². The lowest BCUT2D eigenvalue weighted by atomic mass is 10.1. The maximum absolute atomic E-state index is 12.3. The van der Waals surface area contributed by atoms with Gasteiger partial charge in [0, 0.05) is 19.2 Å². The van der Waals surface area contributed by atoms with Gasteiger partial charge in [-0.2, -0.15) is 0 Å². The number of rotatable bonds is 4. The first kappa shape index (κ1) is 15.4. The van der Waals surface area contributed by atoms with Crippen molar-refractivity contribution in [1.82, 2.24) is 4.90 Å². The second-order valence-corrected chi connectivity index (χ2v) is 4.94. The van der Waals surface area contributed by atoms with E-state index in [1.54, 1.807) is 13.1 Å². The Morgan fingerprint density at radius 1 is 1.33 bits per heavy atom. The van der Waals surface area contributed by atoms with Crippen LogP contribution in [0, 0.1) is 0 Å². The van der Waals surface area contributed by atoms with Gasteiger partial charge in [-0.25, -0.2) is 0 Å². The van der Waals surface area contributed by atoms with Gasteiger partial charge in [0.25, 0.3) is 5.91 Å². The molecular weight excluding hydrogens is 298 g/mol. The highest BCUT2D eigenvalue weighted by molar-refractivity contribution is 6.32. The summed E-state index contributed by atoms with van der Waals surface area (Å²) in [6.45, 7) is 1.11. The fraction of sp³-hybridized carbons (Fsp3) is 0.429. The van der Waals surface area contributed by atoms with Gasteiger partial charge < -0.3 is 19.1 Å². The van der Waals surface area contributed by atoms with Gasteiger partial charge in [0.05, 0.1) is 18.6 Å². The molecule has 0 saturated heterocycles. The summed E-state index contributed by atoms with van der Waals surface area (Å²) in [6.07, 6.45) is 0.136. The Hall–Kier alpha value is -1.95. The van der Waals surface area contributed by atoms with Gasteiger partial charge in [0.2, 0.25) is 0 Å². The topological polar surface area (TPSA) is 65.1 Å². The molecule has 0 aromatic heterocycles. The average Bonchev–Trinajstić information content (AvgIpc) is 2.51. The first-order chi connectivity index (χ1) is 10.0. The number of hydrogen-bond acceptors (Lipinski definition) is 5. The third kappa shape index (κ3) is 3.58. The molecule has 1 amide bonds. The summed E-state index contributed by atoms with van der Waals surface area (Å²) in [5.41, 5.74) is 0.386. The minimum absolute atomic E-state index is 0.136. The lowest BCUT2D eigenvalue weighted by Gasteiger charge is -2.22. The van der Waals surface area contributed by atoms with Crippen molar-refractivity contribution in [2.75, 3.05) is 33.9 Å². The number of ether oxygens (including phenoxy) is 3. The van der Waals surface area contributed by atoms with Crippen LogP contribution in [0.1, 0.15) is 16.8 Å². The lowest BCUT2D eigenvalue weighted by molar-refractivity contribution is -0.140. The molecule has 0 saturated carbocycles. The smallest absolute Gasteiger partial charge is 0.307 e. The van der Waals surface area contributed by atoms with Crippen molar-refractivity contribution < 1.29 is 23.8 Å². The summed E-state index contributed by atoms with van der Waals surface area (Å²) >= 11 is 6.10. The Morgan fingerprint density at radius 2 is 2.05 bits per heavy atom. The van der Waals surface area contributed by atoms with Crippen LogP contribution in [0.3, 0.4) is 0 Å². The lowest BCUT2D eigenvalue weighted by Crippen LogP contribution is -2.29. The van der Waals surface area contributed by atoms with Gasteiger partial charge in [0.1, 0.15) is 13.2 Å². The van der Waals surface area contributed by atoms with Gasteiger partial charge in [0.15, 0.2) is 11.5 Å². The zero-order chi connectivity index (χ0) is 15.4. The minimum Gasteiger partial charge on any atom is -0.486 e. The summed E-state index contributed by atoms with van der Waals surface area (Å²) in [5.74, 6) is 0.294. The molecule has 1 heterocycles. The minimum atomic E-state index is -0.366. The van der Waals surface area contributed by atoms with E-state index in [0.717, 1.165) is 0 Å². The third-order valence-electron chi connectivity index (χ3n) is 3.07. The molecule has 1 aromatic carbocycles. The Balaban J connectivity index is 2.12. The van der Waals surface area contributed by atoms with Crippen LogP contribution in [0.5, 0.6) is 11.5 Å². The van der Waals surface area contributed by atoms with Crippen LogP contribution >= 0.6 is 11.6 Å². The molecule has 1 aliphatic heterocycles. The van der Waals surface area contributed by atoms with Crippen LogP contribution in [-0.2, 0) is 9.53 Å². The van der Waals surface area contributed by atoms with E-state index >= 15 is 0 Å². The normalized spacial score (nSPS) is 12.7. The van der Waals surface area contributed by atoms with Crippen molar-refractivity contribution in [2.24, 2.45) is 0 Å². The monoisotopic (exact) mass is 313 g/mol. The molecule has 0 aliphatic carbocycles. The van der Waals surface area contributed by atoms with Crippen LogP contribution < -0.4 is 9.47 Å². The molecule has 0 atom stereocenters. The van der Waals surface area contributed by atoms with E-state index in [0.29, 0.717) is 35.3 Å². The first-order valence-corrected chi connectivity index (χ1v) is 6.82. The molecule has 1 aliphatic rings. The largest absolute Gasteiger partial charge is 0.486 e. The average molecular weight is 314 g/mol. The van der Waals surface area contributed by atoms with Crippen LogP contribution in [-0.4, -0.2) is 50.7 Å². The van der Waals surface area contributed by atoms with Gasteiger partial charge in [-0.3, -0.25) is 9.59 Å². The number of fused-ring (bicyclic) bond motifs is 1. The van der Waals surface area contributed by atoms with E-state index in [2.05, 4.69) is 4.74 Å². The van der Waals surface area contributed by atoms with Crippen molar-refractivity contribution in [1.29, 1.82) is 0 Å². The number of methoxy groups -OCH3 is 1. The maximum Gasteiger partial charge on any atom is 0.307 e. The molecule has 0 fully saturated rings. The third-order valence-corrected chi connectivity index (χ3v) is 3.35. The summed E-state index contributed by atoms with van der Waals surface area (Å²) in [6, 6.07) is 3.13. The van der Waals surface area contributed by atoms with E-state index in [1.807, 2.05) is 0 Å². The van der Waals surface area contributed by atoms with Gasteiger partial charge in [-0.15, -0.1) is 0 Å². The molecule has 6 nitrogen and oxygen atoms in total. The zero-order valence-corrected chi connectivity index (χ0v) is 12.6. The van der Waals surface area contributed by atoms with Crippen molar-refractivity contribution in [3.63, 3.8) is 0 Å². The summed E-state index contributed by atoms with van der Waals surface area (Å²) in [5, 5.41) is 0.330. The number of benzene rings is 1. The van der Waals surface area contributed by atoms with Gasteiger partial charge >= 0.3 is 5.97 Å². The predicted octanol–water partition coefficient (Wildman–Crippen LogP) is 1.75. The SMILES string of the molecule is COC(=O)CCN(C)C(=O)c1cc(Cl)c2c(c1)OCCO2.